The Hall–Kier alpha value is -11.4. The molecule has 15 rings (SSSR count). The van der Waals surface area contributed by atoms with Gasteiger partial charge in [-0.15, -0.1) is 0 Å². The van der Waals surface area contributed by atoms with Crippen LogP contribution < -0.4 is 40.0 Å². The molecule has 9 aromatic rings. The summed E-state index contributed by atoms with van der Waals surface area (Å²) >= 11 is 0. The number of hydrogen-bond donors (Lipinski definition) is 5. The molecule has 0 saturated carbocycles. The van der Waals surface area contributed by atoms with E-state index in [9.17, 15) is 32.5 Å². The number of ether oxygens (including phenoxy) is 6. The van der Waals surface area contributed by atoms with Crippen LogP contribution in [0.1, 0.15) is 79.5 Å². The Labute approximate surface area is 662 Å². The van der Waals surface area contributed by atoms with Crippen LogP contribution in [0.25, 0.3) is 34.2 Å². The van der Waals surface area contributed by atoms with Gasteiger partial charge in [0.05, 0.1) is 63.6 Å². The quantitative estimate of drug-likeness (QED) is 0.0371. The lowest BCUT2D eigenvalue weighted by Crippen LogP contribution is -2.49. The van der Waals surface area contributed by atoms with Crippen LogP contribution in [-0.2, 0) is 29.0 Å². The molecule has 0 bridgehead atoms. The highest BCUT2D eigenvalue weighted by Gasteiger charge is 2.28. The van der Waals surface area contributed by atoms with Crippen LogP contribution in [0, 0.1) is 28.1 Å². The van der Waals surface area contributed by atoms with Crippen LogP contribution in [0.3, 0.4) is 0 Å². The first-order valence-electron chi connectivity index (χ1n) is 38.5. The summed E-state index contributed by atoms with van der Waals surface area (Å²) in [6, 6.07) is 50.7. The van der Waals surface area contributed by atoms with Crippen LogP contribution in [-0.4, -0.2) is 219 Å². The molecule has 0 unspecified atom stereocenters. The number of halogens is 2. The largest absolute Gasteiger partial charge is 0.490 e. The number of hydrogen-bond acceptors (Lipinski definition) is 25. The Morgan fingerprint density at radius 2 is 0.921 bits per heavy atom. The first kappa shape index (κ1) is 80.7. The zero-order valence-electron chi connectivity index (χ0n) is 63.5. The summed E-state index contributed by atoms with van der Waals surface area (Å²) in [6.45, 7) is 9.83. The van der Waals surface area contributed by atoms with E-state index < -0.39 is 23.1 Å². The second-order valence-corrected chi connectivity index (χ2v) is 30.3. The first-order chi connectivity index (χ1) is 55.6. The van der Waals surface area contributed by atoms with Gasteiger partial charge in [0.1, 0.15) is 71.8 Å². The number of nitrogens with one attached hydrogen (secondary N) is 4. The van der Waals surface area contributed by atoms with Crippen molar-refractivity contribution in [3.05, 3.63) is 186 Å². The fraction of sp³-hybridized carbons (Fsp3) is 0.381. The van der Waals surface area contributed by atoms with Crippen LogP contribution in [0.2, 0.25) is 0 Å². The number of piperidine rings is 1. The number of aliphatic hydroxyl groups is 1. The van der Waals surface area contributed by atoms with Crippen molar-refractivity contribution in [2.24, 2.45) is 0 Å². The molecule has 6 saturated heterocycles. The number of sulfonamides is 1. The normalized spacial score (nSPS) is 16.9. The van der Waals surface area contributed by atoms with Gasteiger partial charge >= 0.3 is 0 Å². The standard InChI is InChI=1S/C29H31F2N5O2.C28H30N6O4.C27H32N6O4S/c30-27(31)19-36-13-8-21(9-14-36)20-1-4-24(5-2-20)34-28-7-12-33-29(35-28)22-3-6-26(23(17-22)18-32)38-25-10-15-37-16-11-25;29-18-21-17-20(1-6-25(21)38-24-8-15-37-16-9-24)28-30-10-7-26(32-28)31-22-2-4-23(5-3-22)33-11-13-34(14-12-33)27(36)19-35;1-38(34,35)33-14-12-32(13-15-33)23-5-3-22(4-6-23)30-26-8-11-29-27(31-26)20-2-7-25(21(18-20)19-28)37-24-9-16-36-17-10-24/h1-7,12,17,21,25,27H,8-11,13-16,19H2,(H,33,34,35);1-7,10,17,24,35H,8-9,11-16,19H2,(H,30,31,32);2-8,11,18-19,24,28H,9-10,12-17H2,1H3,(H,29,30,31). The first-order valence-corrected chi connectivity index (χ1v) is 40.4. The molecule has 0 aliphatic carbocycles. The minimum Gasteiger partial charge on any atom is -0.490 e. The lowest BCUT2D eigenvalue weighted by atomic mass is 9.89. The molecule has 0 spiro atoms. The number of carbonyl (C=O) groups is 1. The fourth-order valence-electron chi connectivity index (χ4n) is 14.3. The average Bonchev–Trinajstić information content (AvgIpc) is 0.836. The Morgan fingerprint density at radius 1 is 0.535 bits per heavy atom. The summed E-state index contributed by atoms with van der Waals surface area (Å²) in [5, 5.41) is 46.3. The summed E-state index contributed by atoms with van der Waals surface area (Å²) in [6.07, 6.45) is 12.3. The van der Waals surface area contributed by atoms with Crippen molar-refractivity contribution in [2.75, 3.05) is 150 Å². The smallest absolute Gasteiger partial charge is 0.251 e. The number of carbonyl (C=O) groups excluding carboxylic acids is 1. The van der Waals surface area contributed by atoms with Gasteiger partial charge in [0.2, 0.25) is 15.9 Å². The topological polar surface area (TPSA) is 328 Å². The lowest BCUT2D eigenvalue weighted by molar-refractivity contribution is -0.134. The molecule has 3 aromatic heterocycles. The molecule has 0 atom stereocenters. The second-order valence-electron chi connectivity index (χ2n) is 28.4. The molecule has 5 N–H and O–H groups in total. The van der Waals surface area contributed by atoms with Crippen LogP contribution in [0.4, 0.5) is 54.7 Å². The zero-order valence-corrected chi connectivity index (χ0v) is 64.4. The molecular weight excluding hydrogens is 1480 g/mol. The van der Waals surface area contributed by atoms with Gasteiger partial charge in [0.25, 0.3) is 6.43 Å². The minimum atomic E-state index is -3.15. The molecule has 594 valence electrons. The van der Waals surface area contributed by atoms with Crippen molar-refractivity contribution in [2.45, 2.75) is 82.0 Å². The molecule has 9 heterocycles. The van der Waals surface area contributed by atoms with Gasteiger partial charge in [0, 0.05) is 166 Å². The van der Waals surface area contributed by atoms with Crippen molar-refractivity contribution in [1.82, 2.24) is 44.0 Å². The molecule has 114 heavy (non-hydrogen) atoms. The number of amides is 1. The van der Waals surface area contributed by atoms with Gasteiger partial charge in [-0.3, -0.25) is 9.69 Å². The van der Waals surface area contributed by atoms with Crippen molar-refractivity contribution < 1.29 is 55.5 Å². The Morgan fingerprint density at radius 3 is 1.31 bits per heavy atom. The van der Waals surface area contributed by atoms with Gasteiger partial charge in [-0.2, -0.15) is 14.8 Å². The Kier molecular flexibility index (Phi) is 27.9. The van der Waals surface area contributed by atoms with Crippen molar-refractivity contribution in [3.63, 3.8) is 0 Å². The van der Waals surface area contributed by atoms with E-state index in [0.29, 0.717) is 167 Å². The molecule has 1 amide bonds. The van der Waals surface area contributed by atoms with Crippen LogP contribution in [0.5, 0.6) is 17.2 Å². The van der Waals surface area contributed by atoms with E-state index in [-0.39, 0.29) is 30.8 Å². The molecule has 30 heteroatoms. The monoisotopic (exact) mass is 1570 g/mol. The molecule has 27 nitrogen and oxygen atoms in total. The number of benzene rings is 6. The predicted octanol–water partition coefficient (Wildman–Crippen LogP) is 12.2. The number of piperazine rings is 2. The number of alkyl halides is 2. The molecule has 6 aliphatic rings. The Balaban J connectivity index is 0.000000149. The molecular formula is C84H93F2N17O10S. The fourth-order valence-corrected chi connectivity index (χ4v) is 15.1. The van der Waals surface area contributed by atoms with Gasteiger partial charge < -0.3 is 69.6 Å². The summed E-state index contributed by atoms with van der Waals surface area (Å²) in [5.41, 5.74) is 9.86. The van der Waals surface area contributed by atoms with Gasteiger partial charge in [-0.05, 0) is 171 Å². The molecule has 0 radical (unpaired) electrons. The van der Waals surface area contributed by atoms with E-state index in [1.165, 1.54) is 22.3 Å². The number of nitriles is 2. The molecule has 6 fully saturated rings. The summed E-state index contributed by atoms with van der Waals surface area (Å²) in [5.74, 6) is 5.49. The highest BCUT2D eigenvalue weighted by atomic mass is 32.2. The third kappa shape index (κ3) is 22.3. The maximum Gasteiger partial charge on any atom is 0.251 e. The number of nitrogens with zero attached hydrogens (tertiary/aromatic N) is 13. The van der Waals surface area contributed by atoms with Crippen molar-refractivity contribution in [1.29, 1.82) is 15.9 Å². The number of likely N-dealkylation sites (tertiary alicyclic amines) is 1. The van der Waals surface area contributed by atoms with Crippen LogP contribution in [0.15, 0.2) is 164 Å². The number of aliphatic hydroxyl groups excluding tert-OH is 1. The zero-order chi connectivity index (χ0) is 79.2. The third-order valence-corrected chi connectivity index (χ3v) is 21.9. The van der Waals surface area contributed by atoms with Gasteiger partial charge in [0.15, 0.2) is 17.5 Å². The number of anilines is 8. The van der Waals surface area contributed by atoms with E-state index in [1.54, 1.807) is 47.8 Å². The van der Waals surface area contributed by atoms with Gasteiger partial charge in [-0.25, -0.2) is 47.1 Å². The molecule has 6 aliphatic heterocycles. The summed E-state index contributed by atoms with van der Waals surface area (Å²) < 4.78 is 84.7. The number of rotatable bonds is 23. The van der Waals surface area contributed by atoms with Crippen molar-refractivity contribution in [3.8, 4) is 63.6 Å². The van der Waals surface area contributed by atoms with E-state index in [2.05, 4.69) is 79.9 Å². The SMILES string of the molecule is CS(=O)(=O)N1CCN(c2ccc(Nc3ccnc(-c4ccc(OC5CCOCC5)c(C=N)c4)n3)cc2)CC1.N#Cc1cc(-c2nccc(Nc3ccc(C4CCN(CC(F)F)CC4)cc3)n2)ccc1OC1CCOCC1.N#Cc1cc(-c2nccc(Nc3ccc(N4CCN(C(=O)CO)CC4)cc3)n2)ccc1OC1CCOCC1. The van der Waals surface area contributed by atoms with E-state index in [4.69, 9.17) is 38.9 Å². The third-order valence-electron chi connectivity index (χ3n) is 20.6. The van der Waals surface area contributed by atoms with E-state index >= 15 is 0 Å². The van der Waals surface area contributed by atoms with E-state index in [0.717, 1.165) is 110 Å². The highest BCUT2D eigenvalue weighted by molar-refractivity contribution is 7.88. The van der Waals surface area contributed by atoms with E-state index in [1.807, 2.05) is 114 Å². The lowest BCUT2D eigenvalue weighted by Gasteiger charge is -2.35. The highest BCUT2D eigenvalue weighted by Crippen LogP contribution is 2.35. The average molecular weight is 1570 g/mol. The van der Waals surface area contributed by atoms with Crippen LogP contribution >= 0.6 is 0 Å². The maximum absolute atomic E-state index is 12.6. The van der Waals surface area contributed by atoms with Crippen molar-refractivity contribution >= 4 is 68.0 Å². The maximum atomic E-state index is 12.6. The minimum absolute atomic E-state index is 0.0511. The second kappa shape index (κ2) is 39.4. The summed E-state index contributed by atoms with van der Waals surface area (Å²) in [4.78, 5) is 46.8. The predicted molar refractivity (Wildman–Crippen MR) is 431 cm³/mol. The summed E-state index contributed by atoms with van der Waals surface area (Å²) in [7, 11) is -3.15. The Bertz CT molecular complexity index is 4890. The molecule has 6 aromatic carbocycles. The number of aromatic nitrogens is 6. The van der Waals surface area contributed by atoms with Gasteiger partial charge in [-0.1, -0.05) is 12.1 Å².